The Balaban J connectivity index is 2.03. The molecule has 0 aromatic rings. The van der Waals surface area contributed by atoms with Gasteiger partial charge in [0.1, 0.15) is 5.54 Å². The number of rotatable bonds is 1. The lowest BCUT2D eigenvalue weighted by Crippen LogP contribution is -2.55. The molecule has 2 heterocycles. The second-order valence-corrected chi connectivity index (χ2v) is 5.55. The Labute approximate surface area is 110 Å². The summed E-state index contributed by atoms with van der Waals surface area (Å²) in [4.78, 5) is 15.6. The fraction of sp³-hybridized carbons (Fsp3) is 0.857. The highest BCUT2D eigenvalue weighted by atomic mass is 16.2. The molecule has 4 nitrogen and oxygen atoms in total. The van der Waals surface area contributed by atoms with Gasteiger partial charge in [-0.1, -0.05) is 12.8 Å². The minimum absolute atomic E-state index is 0.136. The van der Waals surface area contributed by atoms with Crippen molar-refractivity contribution < 1.29 is 4.79 Å². The minimum Gasteiger partial charge on any atom is -0.343 e. The molecule has 0 bridgehead atoms. The first-order valence-corrected chi connectivity index (χ1v) is 7.10. The number of nitrogens with zero attached hydrogens (tertiary/aromatic N) is 3. The van der Waals surface area contributed by atoms with Crippen LogP contribution in [0.4, 0.5) is 0 Å². The van der Waals surface area contributed by atoms with Crippen molar-refractivity contribution in [3.05, 3.63) is 0 Å². The van der Waals surface area contributed by atoms with Crippen molar-refractivity contribution in [2.45, 2.75) is 51.0 Å². The van der Waals surface area contributed by atoms with Gasteiger partial charge < -0.3 is 4.90 Å². The SMILES string of the molecule is CC(=O)N1CCC(C#N)(N2CCCCCC2)CC1. The van der Waals surface area contributed by atoms with Crippen molar-refractivity contribution in [2.24, 2.45) is 0 Å². The molecule has 2 saturated heterocycles. The van der Waals surface area contributed by atoms with Crippen LogP contribution in [0.1, 0.15) is 45.4 Å². The first-order chi connectivity index (χ1) is 8.68. The predicted octanol–water partition coefficient (Wildman–Crippen LogP) is 1.77. The lowest BCUT2D eigenvalue weighted by molar-refractivity contribution is -0.131. The summed E-state index contributed by atoms with van der Waals surface area (Å²) < 4.78 is 0. The van der Waals surface area contributed by atoms with E-state index in [0.29, 0.717) is 0 Å². The van der Waals surface area contributed by atoms with Crippen LogP contribution in [0.3, 0.4) is 0 Å². The fourth-order valence-electron chi connectivity index (χ4n) is 3.19. The van der Waals surface area contributed by atoms with E-state index >= 15 is 0 Å². The van der Waals surface area contributed by atoms with Crippen LogP contribution in [0.5, 0.6) is 0 Å². The number of amides is 1. The molecule has 0 aromatic carbocycles. The van der Waals surface area contributed by atoms with E-state index in [0.717, 1.165) is 39.0 Å². The number of piperidine rings is 1. The highest BCUT2D eigenvalue weighted by molar-refractivity contribution is 5.73. The van der Waals surface area contributed by atoms with E-state index in [2.05, 4.69) is 11.0 Å². The molecule has 0 N–H and O–H groups in total. The summed E-state index contributed by atoms with van der Waals surface area (Å²) in [6, 6.07) is 2.56. The van der Waals surface area contributed by atoms with Crippen molar-refractivity contribution in [3.63, 3.8) is 0 Å². The van der Waals surface area contributed by atoms with Crippen molar-refractivity contribution in [1.29, 1.82) is 5.26 Å². The van der Waals surface area contributed by atoms with E-state index in [4.69, 9.17) is 0 Å². The van der Waals surface area contributed by atoms with Gasteiger partial charge in [0.25, 0.3) is 0 Å². The number of carbonyl (C=O) groups excluding carboxylic acids is 1. The third-order valence-corrected chi connectivity index (χ3v) is 4.46. The molecule has 2 aliphatic rings. The van der Waals surface area contributed by atoms with Crippen molar-refractivity contribution in [1.82, 2.24) is 9.80 Å². The van der Waals surface area contributed by atoms with Gasteiger partial charge >= 0.3 is 0 Å². The van der Waals surface area contributed by atoms with Gasteiger partial charge in [-0.2, -0.15) is 5.26 Å². The van der Waals surface area contributed by atoms with Gasteiger partial charge in [0.05, 0.1) is 6.07 Å². The molecule has 2 aliphatic heterocycles. The minimum atomic E-state index is -0.309. The number of nitriles is 1. The molecule has 0 saturated carbocycles. The summed E-state index contributed by atoms with van der Waals surface area (Å²) in [5.41, 5.74) is -0.309. The summed E-state index contributed by atoms with van der Waals surface area (Å²) in [6.07, 6.45) is 6.61. The molecule has 0 aliphatic carbocycles. The van der Waals surface area contributed by atoms with Crippen LogP contribution in [0.25, 0.3) is 0 Å². The maximum atomic E-state index is 11.4. The van der Waals surface area contributed by atoms with Gasteiger partial charge in [-0.3, -0.25) is 9.69 Å². The van der Waals surface area contributed by atoms with E-state index in [9.17, 15) is 10.1 Å². The first-order valence-electron chi connectivity index (χ1n) is 7.10. The Bertz CT molecular complexity index is 331. The van der Waals surface area contributed by atoms with Crippen LogP contribution in [0.15, 0.2) is 0 Å². The number of hydrogen-bond acceptors (Lipinski definition) is 3. The molecule has 1 amide bonds. The summed E-state index contributed by atoms with van der Waals surface area (Å²) in [6.45, 7) is 5.19. The van der Waals surface area contributed by atoms with Gasteiger partial charge in [-0.05, 0) is 38.8 Å². The van der Waals surface area contributed by atoms with Crippen molar-refractivity contribution in [2.75, 3.05) is 26.2 Å². The van der Waals surface area contributed by atoms with E-state index in [1.54, 1.807) is 6.92 Å². The van der Waals surface area contributed by atoms with Crippen LogP contribution in [-0.4, -0.2) is 47.4 Å². The summed E-state index contributed by atoms with van der Waals surface area (Å²) in [5, 5.41) is 9.62. The summed E-state index contributed by atoms with van der Waals surface area (Å²) in [7, 11) is 0. The standard InChI is InChI=1S/C14H23N3O/c1-13(18)16-10-6-14(12-15,7-11-16)17-8-4-2-3-5-9-17/h2-11H2,1H3. The van der Waals surface area contributed by atoms with Crippen LogP contribution < -0.4 is 0 Å². The average Bonchev–Trinajstić information content (AvgIpc) is 2.68. The molecule has 2 fully saturated rings. The Kier molecular flexibility index (Phi) is 4.23. The quantitative estimate of drug-likeness (QED) is 0.711. The van der Waals surface area contributed by atoms with Crippen LogP contribution in [0, 0.1) is 11.3 Å². The Morgan fingerprint density at radius 2 is 1.61 bits per heavy atom. The largest absolute Gasteiger partial charge is 0.343 e. The topological polar surface area (TPSA) is 47.3 Å². The van der Waals surface area contributed by atoms with Crippen LogP contribution in [0.2, 0.25) is 0 Å². The summed E-state index contributed by atoms with van der Waals surface area (Å²) in [5.74, 6) is 0.136. The van der Waals surface area contributed by atoms with E-state index < -0.39 is 0 Å². The highest BCUT2D eigenvalue weighted by Crippen LogP contribution is 2.30. The predicted molar refractivity (Wildman–Crippen MR) is 69.9 cm³/mol. The Morgan fingerprint density at radius 3 is 2.06 bits per heavy atom. The van der Waals surface area contributed by atoms with Crippen LogP contribution >= 0.6 is 0 Å². The van der Waals surface area contributed by atoms with Gasteiger partial charge in [0.2, 0.25) is 5.91 Å². The molecule has 2 rings (SSSR count). The molecule has 0 unspecified atom stereocenters. The van der Waals surface area contributed by atoms with Crippen molar-refractivity contribution in [3.8, 4) is 6.07 Å². The lowest BCUT2D eigenvalue weighted by Gasteiger charge is -2.44. The zero-order valence-electron chi connectivity index (χ0n) is 11.3. The Hall–Kier alpha value is -1.08. The van der Waals surface area contributed by atoms with Gasteiger partial charge in [-0.15, -0.1) is 0 Å². The second-order valence-electron chi connectivity index (χ2n) is 5.55. The lowest BCUT2D eigenvalue weighted by atomic mass is 9.86. The number of carbonyl (C=O) groups is 1. The third kappa shape index (κ3) is 2.67. The first kappa shape index (κ1) is 13.4. The molecule has 100 valence electrons. The summed E-state index contributed by atoms with van der Waals surface area (Å²) >= 11 is 0. The molecular weight excluding hydrogens is 226 g/mol. The molecule has 0 radical (unpaired) electrons. The Morgan fingerprint density at radius 1 is 1.06 bits per heavy atom. The maximum absolute atomic E-state index is 11.4. The molecule has 0 spiro atoms. The normalized spacial score (nSPS) is 25.2. The van der Waals surface area contributed by atoms with Crippen LogP contribution in [-0.2, 0) is 4.79 Å². The molecular formula is C14H23N3O. The van der Waals surface area contributed by atoms with E-state index in [1.807, 2.05) is 4.90 Å². The van der Waals surface area contributed by atoms with Gasteiger partial charge in [0.15, 0.2) is 0 Å². The molecule has 0 atom stereocenters. The zero-order valence-corrected chi connectivity index (χ0v) is 11.3. The zero-order chi connectivity index (χ0) is 13.0. The number of likely N-dealkylation sites (tertiary alicyclic amines) is 2. The smallest absolute Gasteiger partial charge is 0.219 e. The second kappa shape index (κ2) is 5.71. The van der Waals surface area contributed by atoms with Gasteiger partial charge in [0, 0.05) is 20.0 Å². The molecule has 18 heavy (non-hydrogen) atoms. The number of hydrogen-bond donors (Lipinski definition) is 0. The monoisotopic (exact) mass is 249 g/mol. The van der Waals surface area contributed by atoms with E-state index in [1.165, 1.54) is 25.7 Å². The maximum Gasteiger partial charge on any atom is 0.219 e. The average molecular weight is 249 g/mol. The highest BCUT2D eigenvalue weighted by Gasteiger charge is 2.40. The fourth-order valence-corrected chi connectivity index (χ4v) is 3.19. The molecule has 4 heteroatoms. The van der Waals surface area contributed by atoms with Crippen molar-refractivity contribution >= 4 is 5.91 Å². The molecule has 0 aromatic heterocycles. The third-order valence-electron chi connectivity index (χ3n) is 4.46. The van der Waals surface area contributed by atoms with Gasteiger partial charge in [-0.25, -0.2) is 0 Å². The van der Waals surface area contributed by atoms with E-state index in [-0.39, 0.29) is 11.4 Å².